The lowest BCUT2D eigenvalue weighted by Gasteiger charge is -2.29. The number of aromatic nitrogens is 2. The largest absolute Gasteiger partial charge is 0.486 e. The Kier molecular flexibility index (Phi) is 9.15. The summed E-state index contributed by atoms with van der Waals surface area (Å²) >= 11 is 0. The van der Waals surface area contributed by atoms with Crippen LogP contribution in [0.5, 0.6) is 5.75 Å². The minimum absolute atomic E-state index is 0. The van der Waals surface area contributed by atoms with Crippen molar-refractivity contribution >= 4 is 36.4 Å². The Hall–Kier alpha value is -2.28. The molecule has 164 valence electrons. The summed E-state index contributed by atoms with van der Waals surface area (Å²) in [7, 11) is 1.79. The number of para-hydroxylation sites is 1. The van der Waals surface area contributed by atoms with Gasteiger partial charge in [-0.15, -0.1) is 24.8 Å². The molecule has 0 spiro atoms. The van der Waals surface area contributed by atoms with Gasteiger partial charge in [0.15, 0.2) is 0 Å². The highest BCUT2D eigenvalue weighted by Crippen LogP contribution is 2.23. The molecule has 8 heteroatoms. The average molecular weight is 453 g/mol. The Morgan fingerprint density at radius 3 is 2.57 bits per heavy atom. The van der Waals surface area contributed by atoms with Crippen molar-refractivity contribution in [1.82, 2.24) is 14.3 Å². The van der Waals surface area contributed by atoms with Crippen LogP contribution < -0.4 is 10.5 Å². The lowest BCUT2D eigenvalue weighted by atomic mass is 9.93. The van der Waals surface area contributed by atoms with Crippen LogP contribution in [0.3, 0.4) is 0 Å². The number of hydrogen-bond donors (Lipinski definition) is 1. The van der Waals surface area contributed by atoms with Crippen molar-refractivity contribution in [2.75, 3.05) is 20.1 Å². The van der Waals surface area contributed by atoms with Crippen LogP contribution in [0, 0.1) is 12.3 Å². The highest BCUT2D eigenvalue weighted by Gasteiger charge is 2.23. The minimum Gasteiger partial charge on any atom is -0.486 e. The molecular weight excluding hydrogens is 423 g/mol. The first-order valence-corrected chi connectivity index (χ1v) is 9.41. The lowest BCUT2D eigenvalue weighted by molar-refractivity contribution is 0.0735. The number of nitrogens with two attached hydrogens (primary N) is 1. The number of nitrogens with zero attached hydrogens (tertiary/aromatic N) is 3. The Morgan fingerprint density at radius 2 is 1.90 bits per heavy atom. The number of carbonyl (C=O) groups excluding carboxylic acids is 1. The van der Waals surface area contributed by atoms with Gasteiger partial charge in [-0.3, -0.25) is 4.79 Å². The molecule has 2 aromatic heterocycles. The van der Waals surface area contributed by atoms with Crippen molar-refractivity contribution in [2.24, 2.45) is 11.1 Å². The maximum atomic E-state index is 12.9. The van der Waals surface area contributed by atoms with Crippen molar-refractivity contribution in [1.29, 1.82) is 0 Å². The molecule has 0 bridgehead atoms. The second-order valence-electron chi connectivity index (χ2n) is 7.97. The molecule has 2 N–H and O–H groups in total. The third kappa shape index (κ3) is 5.88. The third-order valence-corrected chi connectivity index (χ3v) is 4.79. The Bertz CT molecular complexity index is 988. The van der Waals surface area contributed by atoms with Crippen LogP contribution in [-0.2, 0) is 6.61 Å². The standard InChI is InChI=1S/C22H28N4O2.2ClH/c1-16-8-7-11-26-12-17(24-20(16)26)13-28-19-10-6-5-9-18(19)21(27)25(4)15-22(2,3)14-23;;/h5-12H,13-15,23H2,1-4H3;2*1H. The summed E-state index contributed by atoms with van der Waals surface area (Å²) in [5, 5.41) is 0. The molecule has 2 heterocycles. The molecule has 1 amide bonds. The van der Waals surface area contributed by atoms with Gasteiger partial charge in [-0.1, -0.05) is 32.0 Å². The molecule has 0 unspecified atom stereocenters. The van der Waals surface area contributed by atoms with E-state index in [2.05, 4.69) is 4.98 Å². The molecule has 0 saturated carbocycles. The number of carbonyl (C=O) groups is 1. The molecule has 0 aliphatic heterocycles. The van der Waals surface area contributed by atoms with Gasteiger partial charge in [-0.25, -0.2) is 4.98 Å². The molecule has 0 radical (unpaired) electrons. The molecule has 3 rings (SSSR count). The zero-order valence-electron chi connectivity index (χ0n) is 17.8. The fourth-order valence-electron chi connectivity index (χ4n) is 3.18. The molecule has 0 aliphatic carbocycles. The monoisotopic (exact) mass is 452 g/mol. The van der Waals surface area contributed by atoms with E-state index < -0.39 is 0 Å². The van der Waals surface area contributed by atoms with Crippen LogP contribution in [0.2, 0.25) is 0 Å². The number of rotatable bonds is 7. The maximum Gasteiger partial charge on any atom is 0.257 e. The molecule has 1 aromatic carbocycles. The maximum absolute atomic E-state index is 12.9. The van der Waals surface area contributed by atoms with Crippen LogP contribution in [0.4, 0.5) is 0 Å². The highest BCUT2D eigenvalue weighted by atomic mass is 35.5. The number of hydrogen-bond acceptors (Lipinski definition) is 4. The number of aryl methyl sites for hydroxylation is 1. The molecule has 3 aromatic rings. The second kappa shape index (κ2) is 10.7. The molecule has 0 atom stereocenters. The van der Waals surface area contributed by atoms with E-state index in [1.165, 1.54) is 0 Å². The molecule has 30 heavy (non-hydrogen) atoms. The van der Waals surface area contributed by atoms with Crippen LogP contribution in [-0.4, -0.2) is 40.3 Å². The van der Waals surface area contributed by atoms with E-state index in [1.807, 2.05) is 67.9 Å². The first-order chi connectivity index (χ1) is 13.3. The van der Waals surface area contributed by atoms with E-state index in [0.717, 1.165) is 16.9 Å². The van der Waals surface area contributed by atoms with Gasteiger partial charge in [0.1, 0.15) is 18.0 Å². The number of pyridine rings is 1. The molecule has 0 fully saturated rings. The highest BCUT2D eigenvalue weighted by molar-refractivity contribution is 5.96. The fourth-order valence-corrected chi connectivity index (χ4v) is 3.18. The van der Waals surface area contributed by atoms with Gasteiger partial charge in [0.2, 0.25) is 0 Å². The molecule has 6 nitrogen and oxygen atoms in total. The average Bonchev–Trinajstić information content (AvgIpc) is 3.10. The SMILES string of the molecule is Cc1cccn2cc(COc3ccccc3C(=O)N(C)CC(C)(C)CN)nc12.Cl.Cl. The molecular formula is C22H30Cl2N4O2. The van der Waals surface area contributed by atoms with Gasteiger partial charge in [-0.2, -0.15) is 0 Å². The first kappa shape index (κ1) is 25.8. The summed E-state index contributed by atoms with van der Waals surface area (Å²) in [6.45, 7) is 7.50. The summed E-state index contributed by atoms with van der Waals surface area (Å²) in [6, 6.07) is 11.3. The van der Waals surface area contributed by atoms with Gasteiger partial charge in [-0.05, 0) is 42.6 Å². The Balaban J connectivity index is 0.00000225. The summed E-state index contributed by atoms with van der Waals surface area (Å²) < 4.78 is 7.95. The van der Waals surface area contributed by atoms with E-state index in [1.54, 1.807) is 18.0 Å². The summed E-state index contributed by atoms with van der Waals surface area (Å²) in [5.41, 5.74) is 9.03. The quantitative estimate of drug-likeness (QED) is 0.584. The van der Waals surface area contributed by atoms with Gasteiger partial charge >= 0.3 is 0 Å². The number of halogens is 2. The predicted octanol–water partition coefficient (Wildman–Crippen LogP) is 4.12. The predicted molar refractivity (Wildman–Crippen MR) is 125 cm³/mol. The van der Waals surface area contributed by atoms with Gasteiger partial charge < -0.3 is 19.8 Å². The van der Waals surface area contributed by atoms with Gasteiger partial charge in [0, 0.05) is 26.0 Å². The van der Waals surface area contributed by atoms with Crippen molar-refractivity contribution in [3.8, 4) is 5.75 Å². The fraction of sp³-hybridized carbons (Fsp3) is 0.364. The number of imidazole rings is 1. The topological polar surface area (TPSA) is 72.9 Å². The number of fused-ring (bicyclic) bond motifs is 1. The zero-order valence-corrected chi connectivity index (χ0v) is 19.4. The van der Waals surface area contributed by atoms with E-state index in [0.29, 0.717) is 31.0 Å². The third-order valence-electron chi connectivity index (χ3n) is 4.79. The van der Waals surface area contributed by atoms with Crippen LogP contribution in [0.25, 0.3) is 5.65 Å². The lowest BCUT2D eigenvalue weighted by Crippen LogP contribution is -2.39. The number of amides is 1. The van der Waals surface area contributed by atoms with Crippen LogP contribution >= 0.6 is 24.8 Å². The smallest absolute Gasteiger partial charge is 0.257 e. The van der Waals surface area contributed by atoms with Crippen molar-refractivity contribution < 1.29 is 9.53 Å². The molecule has 0 aliphatic rings. The van der Waals surface area contributed by atoms with E-state index >= 15 is 0 Å². The summed E-state index contributed by atoms with van der Waals surface area (Å²) in [5.74, 6) is 0.474. The molecule has 0 saturated heterocycles. The first-order valence-electron chi connectivity index (χ1n) is 9.41. The van der Waals surface area contributed by atoms with Crippen molar-refractivity contribution in [3.63, 3.8) is 0 Å². The number of benzene rings is 1. The normalized spacial score (nSPS) is 10.8. The zero-order chi connectivity index (χ0) is 20.3. The Morgan fingerprint density at radius 1 is 1.20 bits per heavy atom. The second-order valence-corrected chi connectivity index (χ2v) is 7.97. The summed E-state index contributed by atoms with van der Waals surface area (Å²) in [6.07, 6.45) is 3.91. The summed E-state index contributed by atoms with van der Waals surface area (Å²) in [4.78, 5) is 19.3. The number of ether oxygens (including phenoxy) is 1. The van der Waals surface area contributed by atoms with Crippen molar-refractivity contribution in [3.05, 3.63) is 65.6 Å². The van der Waals surface area contributed by atoms with Crippen molar-refractivity contribution in [2.45, 2.75) is 27.4 Å². The van der Waals surface area contributed by atoms with E-state index in [-0.39, 0.29) is 36.1 Å². The van der Waals surface area contributed by atoms with Gasteiger partial charge in [0.25, 0.3) is 5.91 Å². The van der Waals surface area contributed by atoms with Crippen LogP contribution in [0.1, 0.15) is 35.5 Å². The van der Waals surface area contributed by atoms with E-state index in [4.69, 9.17) is 10.5 Å². The van der Waals surface area contributed by atoms with E-state index in [9.17, 15) is 4.79 Å². The van der Waals surface area contributed by atoms with Crippen LogP contribution in [0.15, 0.2) is 48.8 Å². The van der Waals surface area contributed by atoms with Gasteiger partial charge in [0.05, 0.1) is 11.3 Å². The Labute approximate surface area is 190 Å². The minimum atomic E-state index is -0.144.